The van der Waals surface area contributed by atoms with Gasteiger partial charge in [-0.25, -0.2) is 4.39 Å². The normalized spacial score (nSPS) is 10.5. The summed E-state index contributed by atoms with van der Waals surface area (Å²) in [4.78, 5) is 12.1. The van der Waals surface area contributed by atoms with Crippen molar-refractivity contribution in [1.82, 2.24) is 15.5 Å². The molecule has 2 aromatic carbocycles. The van der Waals surface area contributed by atoms with E-state index in [2.05, 4.69) is 31.4 Å². The lowest BCUT2D eigenvalue weighted by Gasteiger charge is -2.07. The van der Waals surface area contributed by atoms with Gasteiger partial charge < -0.3 is 10.1 Å². The number of aromatic amines is 1. The number of carbonyl (C=O) groups excluding carboxylic acids is 1. The maximum Gasteiger partial charge on any atom is 0.273 e. The zero-order valence-corrected chi connectivity index (χ0v) is 14.9. The van der Waals surface area contributed by atoms with Gasteiger partial charge in [0.05, 0.1) is 4.47 Å². The predicted octanol–water partition coefficient (Wildman–Crippen LogP) is 4.34. The molecule has 0 saturated heterocycles. The number of aryl methyl sites for hydroxylation is 1. The minimum atomic E-state index is -0.308. The zero-order chi connectivity index (χ0) is 17.8. The predicted molar refractivity (Wildman–Crippen MR) is 95.1 cm³/mol. The molecule has 2 N–H and O–H groups in total. The molecule has 0 atom stereocenters. The van der Waals surface area contributed by atoms with E-state index >= 15 is 0 Å². The van der Waals surface area contributed by atoms with Gasteiger partial charge in [0.15, 0.2) is 5.69 Å². The summed E-state index contributed by atoms with van der Waals surface area (Å²) in [6.45, 7) is 2.20. The summed E-state index contributed by atoms with van der Waals surface area (Å²) in [5.41, 5.74) is 2.05. The second-order valence-electron chi connectivity index (χ2n) is 5.39. The van der Waals surface area contributed by atoms with E-state index in [1.807, 2.05) is 19.1 Å². The molecular weight excluding hydrogens is 389 g/mol. The minimum Gasteiger partial charge on any atom is -0.457 e. The maximum atomic E-state index is 12.9. The molecule has 128 valence electrons. The van der Waals surface area contributed by atoms with E-state index in [1.54, 1.807) is 24.3 Å². The van der Waals surface area contributed by atoms with Crippen molar-refractivity contribution < 1.29 is 13.9 Å². The van der Waals surface area contributed by atoms with Gasteiger partial charge in [-0.15, -0.1) is 0 Å². The number of rotatable bonds is 5. The first kappa shape index (κ1) is 17.2. The number of H-pyrrole nitrogens is 1. The third kappa shape index (κ3) is 4.24. The van der Waals surface area contributed by atoms with Crippen LogP contribution in [0.15, 0.2) is 53.0 Å². The molecule has 0 aliphatic heterocycles. The van der Waals surface area contributed by atoms with Crippen molar-refractivity contribution in [1.29, 1.82) is 0 Å². The van der Waals surface area contributed by atoms with Gasteiger partial charge in [-0.2, -0.15) is 5.10 Å². The van der Waals surface area contributed by atoms with E-state index < -0.39 is 0 Å². The lowest BCUT2D eigenvalue weighted by Crippen LogP contribution is -2.23. The van der Waals surface area contributed by atoms with Gasteiger partial charge in [-0.3, -0.25) is 9.89 Å². The molecule has 0 aliphatic carbocycles. The number of halogens is 2. The highest BCUT2D eigenvalue weighted by molar-refractivity contribution is 9.10. The van der Waals surface area contributed by atoms with Crippen molar-refractivity contribution in [2.75, 3.05) is 0 Å². The van der Waals surface area contributed by atoms with Crippen LogP contribution in [0.25, 0.3) is 0 Å². The molecule has 1 aromatic heterocycles. The largest absolute Gasteiger partial charge is 0.457 e. The Morgan fingerprint density at radius 3 is 2.32 bits per heavy atom. The van der Waals surface area contributed by atoms with E-state index in [-0.39, 0.29) is 11.7 Å². The Labute approximate surface area is 152 Å². The Hall–Kier alpha value is -2.67. The quantitative estimate of drug-likeness (QED) is 0.665. The molecule has 3 rings (SSSR count). The van der Waals surface area contributed by atoms with Crippen LogP contribution in [0.5, 0.6) is 11.5 Å². The molecule has 7 heteroatoms. The zero-order valence-electron chi connectivity index (χ0n) is 13.3. The number of hydrogen-bond acceptors (Lipinski definition) is 3. The van der Waals surface area contributed by atoms with Crippen molar-refractivity contribution in [3.63, 3.8) is 0 Å². The van der Waals surface area contributed by atoms with Crippen molar-refractivity contribution >= 4 is 21.8 Å². The van der Waals surface area contributed by atoms with Crippen LogP contribution in [0.2, 0.25) is 0 Å². The molecule has 0 unspecified atom stereocenters. The molecular formula is C18H15BrFN3O2. The number of hydrogen-bond donors (Lipinski definition) is 2. The summed E-state index contributed by atoms with van der Waals surface area (Å²) in [6.07, 6.45) is 0. The van der Waals surface area contributed by atoms with Gasteiger partial charge in [-0.1, -0.05) is 12.1 Å². The van der Waals surface area contributed by atoms with Crippen LogP contribution >= 0.6 is 15.9 Å². The number of amides is 1. The van der Waals surface area contributed by atoms with Gasteiger partial charge in [0.25, 0.3) is 5.91 Å². The minimum absolute atomic E-state index is 0.261. The van der Waals surface area contributed by atoms with E-state index in [4.69, 9.17) is 4.74 Å². The van der Waals surface area contributed by atoms with Gasteiger partial charge in [-0.05, 0) is 64.8 Å². The SMILES string of the molecule is Cc1[nH]nc(C(=O)NCc2ccc(Oc3ccc(F)cc3)cc2)c1Br. The van der Waals surface area contributed by atoms with Gasteiger partial charge in [0.2, 0.25) is 0 Å². The molecule has 0 aliphatic rings. The molecule has 0 fully saturated rings. The fourth-order valence-electron chi connectivity index (χ4n) is 2.15. The Kier molecular flexibility index (Phi) is 5.14. The maximum absolute atomic E-state index is 12.9. The molecule has 5 nitrogen and oxygen atoms in total. The van der Waals surface area contributed by atoms with Crippen molar-refractivity contribution in [2.45, 2.75) is 13.5 Å². The van der Waals surface area contributed by atoms with Crippen LogP contribution in [-0.2, 0) is 6.54 Å². The summed E-state index contributed by atoms with van der Waals surface area (Å²) in [6, 6.07) is 13.1. The Morgan fingerprint density at radius 1 is 1.16 bits per heavy atom. The molecule has 0 saturated carbocycles. The molecule has 1 heterocycles. The van der Waals surface area contributed by atoms with Crippen molar-refractivity contribution in [3.8, 4) is 11.5 Å². The summed E-state index contributed by atoms with van der Waals surface area (Å²) in [5.74, 6) is 0.619. The summed E-state index contributed by atoms with van der Waals surface area (Å²) in [7, 11) is 0. The molecule has 3 aromatic rings. The second kappa shape index (κ2) is 7.48. The first-order valence-electron chi connectivity index (χ1n) is 7.54. The van der Waals surface area contributed by atoms with E-state index in [0.717, 1.165) is 11.3 Å². The Morgan fingerprint density at radius 2 is 1.76 bits per heavy atom. The lowest BCUT2D eigenvalue weighted by atomic mass is 10.2. The van der Waals surface area contributed by atoms with E-state index in [1.165, 1.54) is 12.1 Å². The average molecular weight is 404 g/mol. The van der Waals surface area contributed by atoms with Crippen LogP contribution in [0.1, 0.15) is 21.7 Å². The highest BCUT2D eigenvalue weighted by Crippen LogP contribution is 2.22. The Balaban J connectivity index is 1.58. The van der Waals surface area contributed by atoms with Crippen LogP contribution in [0, 0.1) is 12.7 Å². The number of nitrogens with zero attached hydrogens (tertiary/aromatic N) is 1. The molecule has 0 radical (unpaired) electrons. The van der Waals surface area contributed by atoms with Crippen LogP contribution in [-0.4, -0.2) is 16.1 Å². The van der Waals surface area contributed by atoms with E-state index in [0.29, 0.717) is 28.2 Å². The smallest absolute Gasteiger partial charge is 0.273 e. The third-order valence-corrected chi connectivity index (χ3v) is 4.48. The van der Waals surface area contributed by atoms with Crippen molar-refractivity contribution in [2.24, 2.45) is 0 Å². The first-order valence-corrected chi connectivity index (χ1v) is 8.33. The van der Waals surface area contributed by atoms with Crippen LogP contribution in [0.4, 0.5) is 4.39 Å². The fraction of sp³-hybridized carbons (Fsp3) is 0.111. The fourth-order valence-corrected chi connectivity index (χ4v) is 2.50. The highest BCUT2D eigenvalue weighted by Gasteiger charge is 2.15. The molecule has 25 heavy (non-hydrogen) atoms. The van der Waals surface area contributed by atoms with Crippen LogP contribution < -0.4 is 10.1 Å². The van der Waals surface area contributed by atoms with E-state index in [9.17, 15) is 9.18 Å². The lowest BCUT2D eigenvalue weighted by molar-refractivity contribution is 0.0945. The van der Waals surface area contributed by atoms with Gasteiger partial charge in [0, 0.05) is 12.2 Å². The third-order valence-electron chi connectivity index (χ3n) is 3.51. The van der Waals surface area contributed by atoms with Crippen molar-refractivity contribution in [3.05, 3.63) is 75.8 Å². The number of carbonyl (C=O) groups is 1. The Bertz CT molecular complexity index is 876. The summed E-state index contributed by atoms with van der Waals surface area (Å²) < 4.78 is 19.2. The standard InChI is InChI=1S/C18H15BrFN3O2/c1-11-16(19)17(23-22-11)18(24)21-10-12-2-6-14(7-3-12)25-15-8-4-13(20)5-9-15/h2-9H,10H2,1H3,(H,21,24)(H,22,23). The number of nitrogens with one attached hydrogen (secondary N) is 2. The number of ether oxygens (including phenoxy) is 1. The first-order chi connectivity index (χ1) is 12.0. The summed E-state index contributed by atoms with van der Waals surface area (Å²) >= 11 is 3.33. The molecule has 1 amide bonds. The summed E-state index contributed by atoms with van der Waals surface area (Å²) in [5, 5.41) is 9.53. The topological polar surface area (TPSA) is 67.0 Å². The molecule has 0 bridgehead atoms. The monoisotopic (exact) mass is 403 g/mol. The number of aromatic nitrogens is 2. The van der Waals surface area contributed by atoms with Gasteiger partial charge in [0.1, 0.15) is 17.3 Å². The highest BCUT2D eigenvalue weighted by atomic mass is 79.9. The second-order valence-corrected chi connectivity index (χ2v) is 6.19. The van der Waals surface area contributed by atoms with Crippen LogP contribution in [0.3, 0.4) is 0 Å². The number of benzene rings is 2. The van der Waals surface area contributed by atoms with Gasteiger partial charge >= 0.3 is 0 Å². The average Bonchev–Trinajstić information content (AvgIpc) is 2.95. The molecule has 0 spiro atoms.